The number of benzene rings is 1. The minimum Gasteiger partial charge on any atom is -0.461 e. The highest BCUT2D eigenvalue weighted by molar-refractivity contribution is 5.82. The van der Waals surface area contributed by atoms with E-state index in [1.165, 1.54) is 0 Å². The molecule has 0 saturated carbocycles. The van der Waals surface area contributed by atoms with Crippen molar-refractivity contribution in [2.24, 2.45) is 5.73 Å². The lowest BCUT2D eigenvalue weighted by Crippen LogP contribution is -2.59. The van der Waals surface area contributed by atoms with Gasteiger partial charge in [-0.1, -0.05) is 30.3 Å². The van der Waals surface area contributed by atoms with E-state index < -0.39 is 55.2 Å². The van der Waals surface area contributed by atoms with Gasteiger partial charge in [-0.2, -0.15) is 0 Å². The quantitative estimate of drug-likeness (QED) is 0.162. The maximum Gasteiger partial charge on any atom is 0.306 e. The van der Waals surface area contributed by atoms with Gasteiger partial charge in [0.05, 0.1) is 19.3 Å². The summed E-state index contributed by atoms with van der Waals surface area (Å²) in [4.78, 5) is 23.8. The topological polar surface area (TPSA) is 181 Å². The zero-order valence-corrected chi connectivity index (χ0v) is 17.0. The molecule has 0 unspecified atom stereocenters. The van der Waals surface area contributed by atoms with E-state index in [1.54, 1.807) is 0 Å². The van der Waals surface area contributed by atoms with Gasteiger partial charge in [0, 0.05) is 13.0 Å². The van der Waals surface area contributed by atoms with Crippen LogP contribution in [0.4, 0.5) is 0 Å². The summed E-state index contributed by atoms with van der Waals surface area (Å²) in [6.45, 7) is -0.471. The van der Waals surface area contributed by atoms with E-state index >= 15 is 0 Å². The number of rotatable bonds is 11. The van der Waals surface area contributed by atoms with E-state index in [0.29, 0.717) is 0 Å². The molecule has 174 valence electrons. The van der Waals surface area contributed by atoms with Crippen LogP contribution in [0.1, 0.15) is 18.4 Å². The van der Waals surface area contributed by atoms with Crippen LogP contribution in [0, 0.1) is 0 Å². The fraction of sp³-hybridized carbons (Fsp3) is 0.600. The van der Waals surface area contributed by atoms with Crippen LogP contribution in [0.5, 0.6) is 0 Å². The van der Waals surface area contributed by atoms with Crippen molar-refractivity contribution in [1.82, 2.24) is 5.32 Å². The molecule has 31 heavy (non-hydrogen) atoms. The normalized spacial score (nSPS) is 26.8. The molecule has 11 nitrogen and oxygen atoms in total. The molecule has 1 saturated heterocycles. The first-order valence-electron chi connectivity index (χ1n) is 9.98. The van der Waals surface area contributed by atoms with Gasteiger partial charge in [-0.05, 0) is 12.0 Å². The van der Waals surface area contributed by atoms with E-state index in [1.807, 2.05) is 30.3 Å². The number of ether oxygens (including phenoxy) is 3. The number of nitrogens with two attached hydrogens (primary N) is 1. The van der Waals surface area contributed by atoms with E-state index in [-0.39, 0.29) is 32.6 Å². The molecule has 0 aliphatic carbocycles. The molecule has 1 aliphatic heterocycles. The van der Waals surface area contributed by atoms with Crippen LogP contribution in [-0.4, -0.2) is 88.8 Å². The second kappa shape index (κ2) is 12.7. The van der Waals surface area contributed by atoms with Crippen LogP contribution in [0.2, 0.25) is 0 Å². The van der Waals surface area contributed by atoms with Crippen molar-refractivity contribution < 1.29 is 44.2 Å². The molecule has 1 aliphatic rings. The third-order valence-corrected chi connectivity index (χ3v) is 4.77. The summed E-state index contributed by atoms with van der Waals surface area (Å²) in [6, 6.07) is 8.28. The number of esters is 1. The van der Waals surface area contributed by atoms with Gasteiger partial charge in [0.1, 0.15) is 31.0 Å². The van der Waals surface area contributed by atoms with E-state index in [9.17, 15) is 24.9 Å². The zero-order chi connectivity index (χ0) is 22.8. The molecule has 2 rings (SSSR count). The molecule has 11 heteroatoms. The molecule has 1 heterocycles. The van der Waals surface area contributed by atoms with Crippen molar-refractivity contribution in [3.8, 4) is 0 Å². The standard InChI is InChI=1S/C20H30N2O9/c21-13(6-7-15(24)30-11-12-4-2-1-3-5-12)19(28)22-8-9-29-20-18(27)17(26)16(25)14(10-23)31-20/h1-5,13-14,16-18,20,23,25-27H,6-11,21H2,(H,22,28)/t13-,14+,16+,17-,18-,20-/m0/s1. The van der Waals surface area contributed by atoms with E-state index in [0.717, 1.165) is 5.56 Å². The Morgan fingerprint density at radius 3 is 2.52 bits per heavy atom. The molecule has 0 spiro atoms. The van der Waals surface area contributed by atoms with Crippen LogP contribution < -0.4 is 11.1 Å². The van der Waals surface area contributed by atoms with Crippen molar-refractivity contribution in [2.75, 3.05) is 19.8 Å². The molecular weight excluding hydrogens is 412 g/mol. The van der Waals surface area contributed by atoms with Crippen molar-refractivity contribution >= 4 is 11.9 Å². The van der Waals surface area contributed by atoms with Crippen molar-refractivity contribution in [3.05, 3.63) is 35.9 Å². The van der Waals surface area contributed by atoms with Crippen LogP contribution in [0.25, 0.3) is 0 Å². The van der Waals surface area contributed by atoms with Gasteiger partial charge >= 0.3 is 5.97 Å². The third-order valence-electron chi connectivity index (χ3n) is 4.77. The molecule has 1 amide bonds. The number of carbonyl (C=O) groups is 2. The van der Waals surface area contributed by atoms with Crippen LogP contribution >= 0.6 is 0 Å². The van der Waals surface area contributed by atoms with Gasteiger partial charge in [-0.3, -0.25) is 9.59 Å². The number of hydrogen-bond acceptors (Lipinski definition) is 10. The van der Waals surface area contributed by atoms with Crippen molar-refractivity contribution in [2.45, 2.75) is 56.2 Å². The second-order valence-electron chi connectivity index (χ2n) is 7.15. The molecule has 6 atom stereocenters. The van der Waals surface area contributed by atoms with Crippen molar-refractivity contribution in [3.63, 3.8) is 0 Å². The number of hydrogen-bond donors (Lipinski definition) is 6. The smallest absolute Gasteiger partial charge is 0.306 e. The summed E-state index contributed by atoms with van der Waals surface area (Å²) < 4.78 is 15.6. The second-order valence-corrected chi connectivity index (χ2v) is 7.15. The lowest BCUT2D eigenvalue weighted by atomic mass is 9.99. The summed E-state index contributed by atoms with van der Waals surface area (Å²) in [5, 5.41) is 40.9. The molecule has 1 aromatic carbocycles. The average molecular weight is 442 g/mol. The van der Waals surface area contributed by atoms with Gasteiger partial charge < -0.3 is 45.7 Å². The number of amides is 1. The van der Waals surface area contributed by atoms with Crippen molar-refractivity contribution in [1.29, 1.82) is 0 Å². The number of carbonyl (C=O) groups excluding carboxylic acids is 2. The van der Waals surface area contributed by atoms with E-state index in [2.05, 4.69) is 5.32 Å². The Kier molecular flexibility index (Phi) is 10.3. The first kappa shape index (κ1) is 25.1. The van der Waals surface area contributed by atoms with Gasteiger partial charge in [0.15, 0.2) is 6.29 Å². The Morgan fingerprint density at radius 1 is 1.13 bits per heavy atom. The molecule has 1 fully saturated rings. The monoisotopic (exact) mass is 442 g/mol. The van der Waals surface area contributed by atoms with Crippen LogP contribution in [-0.2, 0) is 30.4 Å². The maximum absolute atomic E-state index is 12.0. The Bertz CT molecular complexity index is 688. The predicted molar refractivity (Wildman–Crippen MR) is 106 cm³/mol. The maximum atomic E-state index is 12.0. The number of nitrogens with one attached hydrogen (secondary N) is 1. The largest absolute Gasteiger partial charge is 0.461 e. The first-order valence-corrected chi connectivity index (χ1v) is 9.98. The molecule has 7 N–H and O–H groups in total. The molecule has 0 radical (unpaired) electrons. The van der Waals surface area contributed by atoms with Gasteiger partial charge in [-0.25, -0.2) is 0 Å². The molecule has 0 aromatic heterocycles. The van der Waals surface area contributed by atoms with E-state index in [4.69, 9.17) is 25.1 Å². The number of aliphatic hydroxyl groups is 4. The first-order chi connectivity index (χ1) is 14.8. The summed E-state index contributed by atoms with van der Waals surface area (Å²) in [5.74, 6) is -0.952. The highest BCUT2D eigenvalue weighted by Gasteiger charge is 2.43. The fourth-order valence-electron chi connectivity index (χ4n) is 2.90. The summed E-state index contributed by atoms with van der Waals surface area (Å²) >= 11 is 0. The highest BCUT2D eigenvalue weighted by atomic mass is 16.7. The Balaban J connectivity index is 1.61. The highest BCUT2D eigenvalue weighted by Crippen LogP contribution is 2.21. The molecular formula is C20H30N2O9. The summed E-state index contributed by atoms with van der Waals surface area (Å²) in [6.07, 6.45) is -6.79. The molecule has 1 aromatic rings. The summed E-state index contributed by atoms with van der Waals surface area (Å²) in [5.41, 5.74) is 6.63. The average Bonchev–Trinajstić information content (AvgIpc) is 2.79. The number of aliphatic hydroxyl groups excluding tert-OH is 4. The van der Waals surface area contributed by atoms with Gasteiger partial charge in [0.2, 0.25) is 5.91 Å². The fourth-order valence-corrected chi connectivity index (χ4v) is 2.90. The predicted octanol–water partition coefficient (Wildman–Crippen LogP) is -2.23. The molecule has 0 bridgehead atoms. The summed E-state index contributed by atoms with van der Waals surface area (Å²) in [7, 11) is 0. The Labute approximate surface area is 179 Å². The minimum absolute atomic E-state index is 0.0111. The SMILES string of the molecule is N[C@@H](CCC(=O)OCc1ccccc1)C(=O)NCCO[C@H]1O[C@H](CO)[C@@H](O)[C@H](O)[C@@H]1O. The Morgan fingerprint density at radius 2 is 1.84 bits per heavy atom. The van der Waals surface area contributed by atoms with Gasteiger partial charge in [-0.15, -0.1) is 0 Å². The lowest BCUT2D eigenvalue weighted by molar-refractivity contribution is -0.300. The zero-order valence-electron chi connectivity index (χ0n) is 17.0. The van der Waals surface area contributed by atoms with Crippen LogP contribution in [0.15, 0.2) is 30.3 Å². The lowest BCUT2D eigenvalue weighted by Gasteiger charge is -2.39. The van der Waals surface area contributed by atoms with Crippen LogP contribution in [0.3, 0.4) is 0 Å². The third kappa shape index (κ3) is 7.82. The minimum atomic E-state index is -1.54. The Hall–Kier alpha value is -2.12. The van der Waals surface area contributed by atoms with Gasteiger partial charge in [0.25, 0.3) is 0 Å².